The van der Waals surface area contributed by atoms with Gasteiger partial charge in [-0.25, -0.2) is 0 Å². The molecule has 0 aliphatic rings. The van der Waals surface area contributed by atoms with Gasteiger partial charge in [0.05, 0.1) is 5.97 Å². The third kappa shape index (κ3) is 3.70. The molecule has 0 atom stereocenters. The number of carboxylic acids is 1. The van der Waals surface area contributed by atoms with Gasteiger partial charge in [0.1, 0.15) is 0 Å². The van der Waals surface area contributed by atoms with Crippen molar-refractivity contribution < 1.29 is 9.90 Å². The van der Waals surface area contributed by atoms with Gasteiger partial charge in [0.25, 0.3) is 0 Å². The predicted molar refractivity (Wildman–Crippen MR) is 65.2 cm³/mol. The summed E-state index contributed by atoms with van der Waals surface area (Å²) in [5, 5.41) is 16.7. The standard InChI is InChI=1S/C11H12N2O2S/c1-2-7-12-11(16)13-9-5-3-8(4-6-9)10(14)15/h2-6H,1,7H2,(H,14,15)(H2,12,13,16)/p-1. The average Bonchev–Trinajstić information content (AvgIpc) is 2.27. The van der Waals surface area contributed by atoms with Crippen molar-refractivity contribution in [1.82, 2.24) is 5.32 Å². The molecule has 84 valence electrons. The first-order chi connectivity index (χ1) is 7.63. The minimum atomic E-state index is -1.20. The van der Waals surface area contributed by atoms with E-state index < -0.39 is 5.97 Å². The lowest BCUT2D eigenvalue weighted by molar-refractivity contribution is -0.255. The Bertz CT molecular complexity index is 401. The molecule has 5 heteroatoms. The molecule has 16 heavy (non-hydrogen) atoms. The van der Waals surface area contributed by atoms with Gasteiger partial charge < -0.3 is 20.5 Å². The van der Waals surface area contributed by atoms with Crippen LogP contribution in [0, 0.1) is 0 Å². The van der Waals surface area contributed by atoms with Crippen molar-refractivity contribution in [3.63, 3.8) is 0 Å². The van der Waals surface area contributed by atoms with Crippen LogP contribution in [-0.4, -0.2) is 17.6 Å². The first kappa shape index (κ1) is 12.2. The summed E-state index contributed by atoms with van der Waals surface area (Å²) in [6.07, 6.45) is 1.69. The first-order valence-corrected chi connectivity index (χ1v) is 5.01. The molecule has 0 saturated carbocycles. The number of aromatic carboxylic acids is 1. The summed E-state index contributed by atoms with van der Waals surface area (Å²) in [6, 6.07) is 6.14. The van der Waals surface area contributed by atoms with Crippen molar-refractivity contribution in [2.24, 2.45) is 0 Å². The summed E-state index contributed by atoms with van der Waals surface area (Å²) in [5.74, 6) is -1.20. The van der Waals surface area contributed by atoms with E-state index in [1.807, 2.05) is 0 Å². The average molecular weight is 235 g/mol. The molecule has 0 spiro atoms. The molecule has 1 aromatic carbocycles. The van der Waals surface area contributed by atoms with Crippen LogP contribution < -0.4 is 15.7 Å². The summed E-state index contributed by atoms with van der Waals surface area (Å²) in [6.45, 7) is 4.12. The molecule has 0 saturated heterocycles. The molecule has 1 rings (SSSR count). The van der Waals surface area contributed by atoms with Gasteiger partial charge in [-0.2, -0.15) is 0 Å². The van der Waals surface area contributed by atoms with Gasteiger partial charge in [-0.1, -0.05) is 18.2 Å². The summed E-state index contributed by atoms with van der Waals surface area (Å²) in [5.41, 5.74) is 0.849. The number of carbonyl (C=O) groups is 1. The van der Waals surface area contributed by atoms with Crippen LogP contribution in [0.1, 0.15) is 10.4 Å². The molecule has 0 bridgehead atoms. The topological polar surface area (TPSA) is 64.2 Å². The lowest BCUT2D eigenvalue weighted by Gasteiger charge is -2.09. The van der Waals surface area contributed by atoms with E-state index in [0.717, 1.165) is 0 Å². The Hall–Kier alpha value is -1.88. The number of rotatable bonds is 4. The van der Waals surface area contributed by atoms with Crippen LogP contribution in [0.15, 0.2) is 36.9 Å². The highest BCUT2D eigenvalue weighted by Crippen LogP contribution is 2.08. The van der Waals surface area contributed by atoms with Crippen molar-refractivity contribution in [3.05, 3.63) is 42.5 Å². The number of carbonyl (C=O) groups excluding carboxylic acids is 1. The zero-order chi connectivity index (χ0) is 12.0. The highest BCUT2D eigenvalue weighted by Gasteiger charge is 1.97. The summed E-state index contributed by atoms with van der Waals surface area (Å²) in [4.78, 5) is 10.5. The van der Waals surface area contributed by atoms with E-state index in [9.17, 15) is 9.90 Å². The van der Waals surface area contributed by atoms with Crippen molar-refractivity contribution in [2.75, 3.05) is 11.9 Å². The molecule has 0 aliphatic heterocycles. The molecule has 4 nitrogen and oxygen atoms in total. The highest BCUT2D eigenvalue weighted by molar-refractivity contribution is 7.80. The van der Waals surface area contributed by atoms with Gasteiger partial charge >= 0.3 is 0 Å². The molecule has 0 heterocycles. The third-order valence-corrected chi connectivity index (χ3v) is 2.03. The Morgan fingerprint density at radius 2 is 2.06 bits per heavy atom. The second kappa shape index (κ2) is 5.87. The van der Waals surface area contributed by atoms with E-state index in [2.05, 4.69) is 17.2 Å². The molecule has 1 aromatic rings. The van der Waals surface area contributed by atoms with Crippen LogP contribution in [0.2, 0.25) is 0 Å². The highest BCUT2D eigenvalue weighted by atomic mass is 32.1. The normalized spacial score (nSPS) is 9.25. The number of hydrogen-bond acceptors (Lipinski definition) is 3. The molecule has 2 N–H and O–H groups in total. The molecule has 0 radical (unpaired) electrons. The third-order valence-electron chi connectivity index (χ3n) is 1.79. The molecule has 0 fully saturated rings. The zero-order valence-corrected chi connectivity index (χ0v) is 9.34. The monoisotopic (exact) mass is 235 g/mol. The van der Waals surface area contributed by atoms with Gasteiger partial charge in [0.15, 0.2) is 5.11 Å². The molecule has 0 unspecified atom stereocenters. The van der Waals surface area contributed by atoms with Gasteiger partial charge in [0, 0.05) is 12.2 Å². The van der Waals surface area contributed by atoms with E-state index in [4.69, 9.17) is 12.2 Å². The number of anilines is 1. The van der Waals surface area contributed by atoms with Crippen molar-refractivity contribution in [3.8, 4) is 0 Å². The smallest absolute Gasteiger partial charge is 0.171 e. The lowest BCUT2D eigenvalue weighted by Crippen LogP contribution is -2.28. The first-order valence-electron chi connectivity index (χ1n) is 4.60. The summed E-state index contributed by atoms with van der Waals surface area (Å²) in [7, 11) is 0. The second-order valence-corrected chi connectivity index (χ2v) is 3.40. The quantitative estimate of drug-likeness (QED) is 0.588. The van der Waals surface area contributed by atoms with Crippen molar-refractivity contribution in [1.29, 1.82) is 0 Å². The van der Waals surface area contributed by atoms with Crippen LogP contribution in [0.3, 0.4) is 0 Å². The Morgan fingerprint density at radius 1 is 1.44 bits per heavy atom. The lowest BCUT2D eigenvalue weighted by atomic mass is 10.2. The van der Waals surface area contributed by atoms with Crippen LogP contribution in [-0.2, 0) is 0 Å². The fourth-order valence-electron chi connectivity index (χ4n) is 1.03. The zero-order valence-electron chi connectivity index (χ0n) is 8.53. The van der Waals surface area contributed by atoms with Crippen LogP contribution in [0.5, 0.6) is 0 Å². The van der Waals surface area contributed by atoms with Gasteiger partial charge in [-0.3, -0.25) is 0 Å². The van der Waals surface area contributed by atoms with Crippen molar-refractivity contribution in [2.45, 2.75) is 0 Å². The number of benzene rings is 1. The summed E-state index contributed by atoms with van der Waals surface area (Å²) >= 11 is 4.99. The maximum Gasteiger partial charge on any atom is 0.171 e. The van der Waals surface area contributed by atoms with Crippen LogP contribution in [0.25, 0.3) is 0 Å². The van der Waals surface area contributed by atoms with E-state index in [1.54, 1.807) is 18.2 Å². The van der Waals surface area contributed by atoms with E-state index in [-0.39, 0.29) is 5.56 Å². The summed E-state index contributed by atoms with van der Waals surface area (Å²) < 4.78 is 0. The molecule has 0 aliphatic carbocycles. The van der Waals surface area contributed by atoms with Crippen molar-refractivity contribution >= 4 is 29.0 Å². The number of nitrogens with one attached hydrogen (secondary N) is 2. The molecular weight excluding hydrogens is 224 g/mol. The Kier molecular flexibility index (Phi) is 4.47. The number of thiocarbonyl (C=S) groups is 1. The van der Waals surface area contributed by atoms with Gasteiger partial charge in [-0.15, -0.1) is 6.58 Å². The Balaban J connectivity index is 2.58. The number of hydrogen-bond donors (Lipinski definition) is 2. The molecule has 0 aromatic heterocycles. The van der Waals surface area contributed by atoms with Crippen LogP contribution >= 0.6 is 12.2 Å². The van der Waals surface area contributed by atoms with Gasteiger partial charge in [-0.05, 0) is 29.9 Å². The Labute approximate surface area is 99.0 Å². The minimum absolute atomic E-state index is 0.135. The SMILES string of the molecule is C=CCNC(=S)Nc1ccc(C(=O)[O-])cc1. The van der Waals surface area contributed by atoms with Gasteiger partial charge in [0.2, 0.25) is 0 Å². The second-order valence-electron chi connectivity index (χ2n) is 2.99. The fourth-order valence-corrected chi connectivity index (χ4v) is 1.23. The predicted octanol–water partition coefficient (Wildman–Crippen LogP) is 0.522. The van der Waals surface area contributed by atoms with E-state index in [1.165, 1.54) is 12.1 Å². The van der Waals surface area contributed by atoms with Crippen LogP contribution in [0.4, 0.5) is 5.69 Å². The Morgan fingerprint density at radius 3 is 2.56 bits per heavy atom. The fraction of sp³-hybridized carbons (Fsp3) is 0.0909. The maximum atomic E-state index is 10.5. The largest absolute Gasteiger partial charge is 0.545 e. The molecular formula is C11H11N2O2S-. The maximum absolute atomic E-state index is 10.5. The minimum Gasteiger partial charge on any atom is -0.545 e. The van der Waals surface area contributed by atoms with E-state index in [0.29, 0.717) is 17.3 Å². The van der Waals surface area contributed by atoms with E-state index >= 15 is 0 Å². The number of carboxylic acid groups (broad SMARTS) is 1. The molecule has 0 amide bonds.